The van der Waals surface area contributed by atoms with Gasteiger partial charge in [0.15, 0.2) is 0 Å². The lowest BCUT2D eigenvalue weighted by Gasteiger charge is -2.06. The number of nitrogens with zero attached hydrogens (tertiary/aromatic N) is 1. The van der Waals surface area contributed by atoms with Crippen LogP contribution >= 0.6 is 11.6 Å². The van der Waals surface area contributed by atoms with E-state index < -0.39 is 16.7 Å². The highest BCUT2D eigenvalue weighted by molar-refractivity contribution is 6.39. The minimum Gasteiger partial charge on any atom is -0.396 e. The maximum absolute atomic E-state index is 11.6. The molecule has 0 atom stereocenters. The topological polar surface area (TPSA) is 122 Å². The number of rotatable bonds is 7. The van der Waals surface area contributed by atoms with Crippen LogP contribution < -0.4 is 10.6 Å². The van der Waals surface area contributed by atoms with Crippen molar-refractivity contribution in [1.29, 1.82) is 0 Å². The highest BCUT2D eigenvalue weighted by atomic mass is 35.5. The van der Waals surface area contributed by atoms with Gasteiger partial charge >= 0.3 is 11.8 Å². The normalized spacial score (nSPS) is 10.1. The fraction of sp³-hybridized carbons (Fsp3) is 0.385. The van der Waals surface area contributed by atoms with Gasteiger partial charge in [0.2, 0.25) is 0 Å². The average Bonchev–Trinajstić information content (AvgIpc) is 2.48. The zero-order valence-electron chi connectivity index (χ0n) is 11.7. The first-order valence-corrected chi connectivity index (χ1v) is 6.97. The number of anilines is 1. The van der Waals surface area contributed by atoms with Crippen molar-refractivity contribution in [2.45, 2.75) is 19.3 Å². The smallest absolute Gasteiger partial charge is 0.313 e. The Morgan fingerprint density at radius 1 is 1.23 bits per heavy atom. The van der Waals surface area contributed by atoms with Crippen LogP contribution in [0.5, 0.6) is 0 Å². The van der Waals surface area contributed by atoms with Gasteiger partial charge in [0.1, 0.15) is 5.02 Å². The molecule has 0 aliphatic rings. The number of amides is 2. The van der Waals surface area contributed by atoms with Crippen molar-refractivity contribution in [2.75, 3.05) is 18.5 Å². The molecule has 22 heavy (non-hydrogen) atoms. The summed E-state index contributed by atoms with van der Waals surface area (Å²) >= 11 is 5.65. The second-order valence-corrected chi connectivity index (χ2v) is 4.82. The van der Waals surface area contributed by atoms with Crippen molar-refractivity contribution in [3.63, 3.8) is 0 Å². The van der Waals surface area contributed by atoms with Crippen molar-refractivity contribution < 1.29 is 19.6 Å². The summed E-state index contributed by atoms with van der Waals surface area (Å²) in [6.45, 7) is 0.400. The van der Waals surface area contributed by atoms with Gasteiger partial charge in [0, 0.05) is 24.9 Å². The molecule has 0 heterocycles. The van der Waals surface area contributed by atoms with Crippen molar-refractivity contribution in [3.8, 4) is 0 Å². The van der Waals surface area contributed by atoms with E-state index in [2.05, 4.69) is 10.6 Å². The van der Waals surface area contributed by atoms with Gasteiger partial charge in [-0.3, -0.25) is 19.7 Å². The van der Waals surface area contributed by atoms with Crippen molar-refractivity contribution >= 4 is 34.8 Å². The number of carbonyl (C=O) groups is 2. The maximum atomic E-state index is 11.6. The molecule has 1 aromatic rings. The minimum atomic E-state index is -0.918. The van der Waals surface area contributed by atoms with Crippen LogP contribution in [-0.4, -0.2) is 35.0 Å². The number of aliphatic hydroxyl groups is 1. The highest BCUT2D eigenvalue weighted by Gasteiger charge is 2.17. The molecule has 0 aliphatic carbocycles. The summed E-state index contributed by atoms with van der Waals surface area (Å²) in [5.74, 6) is -1.75. The van der Waals surface area contributed by atoms with E-state index in [-0.39, 0.29) is 23.0 Å². The third kappa shape index (κ3) is 5.66. The molecule has 1 rings (SSSR count). The largest absolute Gasteiger partial charge is 0.396 e. The first-order valence-electron chi connectivity index (χ1n) is 6.59. The average molecular weight is 330 g/mol. The second kappa shape index (κ2) is 8.96. The number of unbranched alkanes of at least 4 members (excludes halogenated alkanes) is 2. The molecule has 3 N–H and O–H groups in total. The molecule has 0 saturated carbocycles. The third-order valence-corrected chi connectivity index (χ3v) is 3.05. The summed E-state index contributed by atoms with van der Waals surface area (Å²) in [6.07, 6.45) is 2.02. The Morgan fingerprint density at radius 2 is 1.95 bits per heavy atom. The predicted molar refractivity (Wildman–Crippen MR) is 80.7 cm³/mol. The number of nitro groups is 1. The Kier molecular flexibility index (Phi) is 7.27. The van der Waals surface area contributed by atoms with Crippen LogP contribution in [0.1, 0.15) is 19.3 Å². The van der Waals surface area contributed by atoms with E-state index in [1.807, 2.05) is 0 Å². The molecule has 0 bridgehead atoms. The van der Waals surface area contributed by atoms with Gasteiger partial charge in [-0.2, -0.15) is 0 Å². The van der Waals surface area contributed by atoms with E-state index in [1.54, 1.807) is 0 Å². The van der Waals surface area contributed by atoms with E-state index in [0.717, 1.165) is 12.5 Å². The Balaban J connectivity index is 2.52. The molecule has 1 aromatic carbocycles. The van der Waals surface area contributed by atoms with Gasteiger partial charge < -0.3 is 15.7 Å². The molecule has 0 radical (unpaired) electrons. The molecular formula is C13H16ClN3O5. The fourth-order valence-electron chi connectivity index (χ4n) is 1.61. The maximum Gasteiger partial charge on any atom is 0.313 e. The van der Waals surface area contributed by atoms with Crippen LogP contribution in [0.2, 0.25) is 5.02 Å². The number of hydrogen-bond donors (Lipinski definition) is 3. The Bertz CT molecular complexity index is 565. The molecular weight excluding hydrogens is 314 g/mol. The van der Waals surface area contributed by atoms with E-state index in [9.17, 15) is 19.7 Å². The number of benzene rings is 1. The molecule has 0 saturated heterocycles. The highest BCUT2D eigenvalue weighted by Crippen LogP contribution is 2.27. The number of halogens is 1. The van der Waals surface area contributed by atoms with E-state index in [4.69, 9.17) is 16.7 Å². The van der Waals surface area contributed by atoms with Crippen molar-refractivity contribution in [3.05, 3.63) is 33.3 Å². The molecule has 0 fully saturated rings. The standard InChI is InChI=1S/C13H16ClN3O5/c14-10-5-4-9(8-11(10)17(21)22)16-13(20)12(19)15-6-2-1-3-7-18/h4-5,8,18H,1-3,6-7H2,(H,15,19)(H,16,20). The Morgan fingerprint density at radius 3 is 2.59 bits per heavy atom. The Hall–Kier alpha value is -2.19. The van der Waals surface area contributed by atoms with E-state index in [1.165, 1.54) is 12.1 Å². The van der Waals surface area contributed by atoms with Crippen LogP contribution in [0.15, 0.2) is 18.2 Å². The zero-order valence-corrected chi connectivity index (χ0v) is 12.4. The lowest BCUT2D eigenvalue weighted by atomic mass is 10.2. The van der Waals surface area contributed by atoms with Gasteiger partial charge in [-0.05, 0) is 31.4 Å². The second-order valence-electron chi connectivity index (χ2n) is 4.42. The zero-order chi connectivity index (χ0) is 16.5. The first-order chi connectivity index (χ1) is 10.5. The van der Waals surface area contributed by atoms with Gasteiger partial charge in [-0.1, -0.05) is 11.6 Å². The summed E-state index contributed by atoms with van der Waals surface area (Å²) in [5, 5.41) is 24.0. The summed E-state index contributed by atoms with van der Waals surface area (Å²) < 4.78 is 0. The fourth-order valence-corrected chi connectivity index (χ4v) is 1.80. The third-order valence-electron chi connectivity index (χ3n) is 2.73. The summed E-state index contributed by atoms with van der Waals surface area (Å²) in [6, 6.07) is 3.71. The van der Waals surface area contributed by atoms with Gasteiger partial charge in [0.05, 0.1) is 4.92 Å². The van der Waals surface area contributed by atoms with Crippen LogP contribution in [0, 0.1) is 10.1 Å². The van der Waals surface area contributed by atoms with Gasteiger partial charge in [0.25, 0.3) is 5.69 Å². The Labute approximate surface area is 131 Å². The quantitative estimate of drug-likeness (QED) is 0.302. The summed E-state index contributed by atoms with van der Waals surface area (Å²) in [5.41, 5.74) is -0.250. The number of hydrogen-bond acceptors (Lipinski definition) is 5. The van der Waals surface area contributed by atoms with Crippen molar-refractivity contribution in [1.82, 2.24) is 5.32 Å². The molecule has 2 amide bonds. The summed E-state index contributed by atoms with van der Waals surface area (Å²) in [4.78, 5) is 33.2. The number of nitrogens with one attached hydrogen (secondary N) is 2. The lowest BCUT2D eigenvalue weighted by Crippen LogP contribution is -2.35. The van der Waals surface area contributed by atoms with Gasteiger partial charge in [-0.25, -0.2) is 0 Å². The predicted octanol–water partition coefficient (Wildman–Crippen LogP) is 1.47. The van der Waals surface area contributed by atoms with E-state index in [0.29, 0.717) is 19.4 Å². The monoisotopic (exact) mass is 329 g/mol. The van der Waals surface area contributed by atoms with Crippen LogP contribution in [-0.2, 0) is 9.59 Å². The number of carbonyl (C=O) groups excluding carboxylic acids is 2. The molecule has 120 valence electrons. The van der Waals surface area contributed by atoms with Crippen LogP contribution in [0.25, 0.3) is 0 Å². The molecule has 9 heteroatoms. The van der Waals surface area contributed by atoms with Crippen molar-refractivity contribution in [2.24, 2.45) is 0 Å². The lowest BCUT2D eigenvalue weighted by molar-refractivity contribution is -0.384. The first kappa shape index (κ1) is 17.9. The van der Waals surface area contributed by atoms with Gasteiger partial charge in [-0.15, -0.1) is 0 Å². The van der Waals surface area contributed by atoms with Crippen LogP contribution in [0.3, 0.4) is 0 Å². The molecule has 8 nitrogen and oxygen atoms in total. The number of nitro benzene ring substituents is 1. The molecule has 0 aliphatic heterocycles. The molecule has 0 aromatic heterocycles. The number of aliphatic hydroxyl groups excluding tert-OH is 1. The van der Waals surface area contributed by atoms with E-state index >= 15 is 0 Å². The molecule has 0 spiro atoms. The SMILES string of the molecule is O=C(NCCCCCO)C(=O)Nc1ccc(Cl)c([N+](=O)[O-])c1. The molecule has 0 unspecified atom stereocenters. The van der Waals surface area contributed by atoms with Crippen LogP contribution in [0.4, 0.5) is 11.4 Å². The summed E-state index contributed by atoms with van der Waals surface area (Å²) in [7, 11) is 0. The minimum absolute atomic E-state index is 0.0590.